The van der Waals surface area contributed by atoms with Crippen LogP contribution in [-0.2, 0) is 46.9 Å². The van der Waals surface area contributed by atoms with Gasteiger partial charge < -0.3 is 11.0 Å². The predicted molar refractivity (Wildman–Crippen MR) is 1.37 cm³/mol. The molecule has 0 aliphatic rings. The average Bonchev–Trinajstić information content (AvgIpc) is 0. The van der Waals surface area contributed by atoms with Crippen LogP contribution in [0.4, 0.5) is 0 Å². The summed E-state index contributed by atoms with van der Waals surface area (Å²) >= 11 is 0. The van der Waals surface area contributed by atoms with Gasteiger partial charge in [0.15, 0.2) is 0 Å². The molecule has 4 heavy (non-hydrogen) atoms. The molecule has 4 heteroatoms. The summed E-state index contributed by atoms with van der Waals surface area (Å²) in [6, 6.07) is 0. The standard InChI is InChI=1S/Cr.2O.V/q+3;2*-2;. The van der Waals surface area contributed by atoms with Crippen LogP contribution in [0, 0.1) is 0 Å². The van der Waals surface area contributed by atoms with Gasteiger partial charge in [-0.2, -0.15) is 0 Å². The van der Waals surface area contributed by atoms with Gasteiger partial charge in [0.25, 0.3) is 0 Å². The zero-order chi connectivity index (χ0) is 0. The van der Waals surface area contributed by atoms with E-state index in [0.29, 0.717) is 0 Å². The first kappa shape index (κ1) is 76.3. The first-order valence-corrected chi connectivity index (χ1v) is 0. The molecule has 0 aromatic carbocycles. The zero-order valence-corrected chi connectivity index (χ0v) is 4.34. The molecule has 0 spiro atoms. The molecule has 0 saturated heterocycles. The van der Waals surface area contributed by atoms with E-state index >= 15 is 0 Å². The second-order valence-corrected chi connectivity index (χ2v) is 0. The van der Waals surface area contributed by atoms with Gasteiger partial charge in [0.2, 0.25) is 0 Å². The SMILES string of the molecule is [Cr+3].[O-2].[O-2].[V]. The number of hydrogen-bond donors (Lipinski definition) is 0. The van der Waals surface area contributed by atoms with Crippen LogP contribution in [0.1, 0.15) is 0 Å². The van der Waals surface area contributed by atoms with E-state index in [1.807, 2.05) is 0 Å². The smallest absolute Gasteiger partial charge is 2.00 e. The molecule has 0 N–H and O–H groups in total. The van der Waals surface area contributed by atoms with E-state index in [0.717, 1.165) is 0 Å². The largest absolute Gasteiger partial charge is 3.00 e. The molecule has 2 radical (unpaired) electrons. The van der Waals surface area contributed by atoms with Crippen LogP contribution >= 0.6 is 0 Å². The molecule has 0 amide bonds. The van der Waals surface area contributed by atoms with Crippen molar-refractivity contribution in [2.45, 2.75) is 0 Å². The zero-order valence-electron chi connectivity index (χ0n) is 1.67. The minimum absolute atomic E-state index is 0. The molecular weight excluding hydrogens is 135 g/mol. The maximum atomic E-state index is 0. The Morgan fingerprint density at radius 3 is 0.750 bits per heavy atom. The molecule has 0 heterocycles. The fourth-order valence-corrected chi connectivity index (χ4v) is 0. The van der Waals surface area contributed by atoms with Crippen LogP contribution in [0.5, 0.6) is 0 Å². The molecule has 0 aliphatic carbocycles. The average molecular weight is 135 g/mol. The first-order chi connectivity index (χ1) is 0. The molecule has 0 aromatic heterocycles. The molecule has 0 unspecified atom stereocenters. The first-order valence-electron chi connectivity index (χ1n) is 0. The van der Waals surface area contributed by atoms with Crippen LogP contribution in [0.2, 0.25) is 0 Å². The maximum Gasteiger partial charge on any atom is 3.00 e. The van der Waals surface area contributed by atoms with Gasteiger partial charge in [-0.15, -0.1) is 0 Å². The van der Waals surface area contributed by atoms with Crippen molar-refractivity contribution in [2.75, 3.05) is 0 Å². The van der Waals surface area contributed by atoms with Gasteiger partial charge in [0.05, 0.1) is 0 Å². The quantitative estimate of drug-likeness (QED) is 0.440. The Labute approximate surface area is 47.2 Å². The Hall–Kier alpha value is 1.04. The van der Waals surface area contributed by atoms with E-state index < -0.39 is 0 Å². The predicted octanol–water partition coefficient (Wildman–Crippen LogP) is -0.243. The second-order valence-electron chi connectivity index (χ2n) is 0. The molecule has 2 nitrogen and oxygen atoms in total. The minimum atomic E-state index is 0. The summed E-state index contributed by atoms with van der Waals surface area (Å²) in [5.74, 6) is 0. The van der Waals surface area contributed by atoms with Crippen LogP contribution in [0.3, 0.4) is 0 Å². The van der Waals surface area contributed by atoms with Gasteiger partial charge in [-0.3, -0.25) is 0 Å². The van der Waals surface area contributed by atoms with Crippen molar-refractivity contribution in [3.63, 3.8) is 0 Å². The summed E-state index contributed by atoms with van der Waals surface area (Å²) in [7, 11) is 0. The van der Waals surface area contributed by atoms with Gasteiger partial charge in [-0.05, 0) is 0 Å². The molecule has 0 rings (SSSR count). The summed E-state index contributed by atoms with van der Waals surface area (Å²) in [5.41, 5.74) is 0. The van der Waals surface area contributed by atoms with Gasteiger partial charge in [-0.25, -0.2) is 0 Å². The van der Waals surface area contributed by atoms with Crippen LogP contribution in [0.15, 0.2) is 0 Å². The molecule has 0 fully saturated rings. The number of hydrogen-bond acceptors (Lipinski definition) is 0. The van der Waals surface area contributed by atoms with Crippen LogP contribution < -0.4 is 0 Å². The maximum absolute atomic E-state index is 0. The minimum Gasteiger partial charge on any atom is -2.00 e. The summed E-state index contributed by atoms with van der Waals surface area (Å²) in [5, 5.41) is 0. The van der Waals surface area contributed by atoms with Crippen molar-refractivity contribution in [2.24, 2.45) is 0 Å². The van der Waals surface area contributed by atoms with E-state index in [2.05, 4.69) is 0 Å². The summed E-state index contributed by atoms with van der Waals surface area (Å²) in [6.45, 7) is 0. The third kappa shape index (κ3) is 11.7. The third-order valence-electron chi connectivity index (χ3n) is 0. The molecule has 0 atom stereocenters. The Morgan fingerprint density at radius 2 is 0.750 bits per heavy atom. The molecule has 0 aliphatic heterocycles. The topological polar surface area (TPSA) is 57.0 Å². The number of rotatable bonds is 0. The monoisotopic (exact) mass is 135 g/mol. The van der Waals surface area contributed by atoms with Crippen LogP contribution in [0.25, 0.3) is 0 Å². The van der Waals surface area contributed by atoms with E-state index in [9.17, 15) is 0 Å². The van der Waals surface area contributed by atoms with Gasteiger partial charge in [0.1, 0.15) is 0 Å². The van der Waals surface area contributed by atoms with E-state index in [-0.39, 0.29) is 46.9 Å². The van der Waals surface area contributed by atoms with Crippen molar-refractivity contribution >= 4 is 0 Å². The fraction of sp³-hybridized carbons (Fsp3) is 0. The Kier molecular flexibility index (Phi) is 661. The summed E-state index contributed by atoms with van der Waals surface area (Å²) in [4.78, 5) is 0. The summed E-state index contributed by atoms with van der Waals surface area (Å²) in [6.07, 6.45) is 0. The van der Waals surface area contributed by atoms with Gasteiger partial charge in [0, 0.05) is 18.6 Å². The van der Waals surface area contributed by atoms with Gasteiger partial charge in [-0.1, -0.05) is 0 Å². The molecule has 0 aromatic rings. The second kappa shape index (κ2) is 34.6. The molecule has 0 saturated carbocycles. The third-order valence-corrected chi connectivity index (χ3v) is 0. The van der Waals surface area contributed by atoms with Crippen molar-refractivity contribution in [1.29, 1.82) is 0 Å². The van der Waals surface area contributed by atoms with Crippen molar-refractivity contribution in [3.8, 4) is 0 Å². The van der Waals surface area contributed by atoms with E-state index in [4.69, 9.17) is 0 Å². The van der Waals surface area contributed by atoms with Gasteiger partial charge >= 0.3 is 17.4 Å². The normalized spacial score (nSPS) is 0. The van der Waals surface area contributed by atoms with E-state index in [1.165, 1.54) is 0 Å². The Balaban J connectivity index is 0. The van der Waals surface area contributed by atoms with E-state index in [1.54, 1.807) is 0 Å². The molecule has 24 valence electrons. The molecule has 0 bridgehead atoms. The molecular formula is CrO2V-. The van der Waals surface area contributed by atoms with Crippen molar-refractivity contribution < 1.29 is 46.9 Å². The van der Waals surface area contributed by atoms with Crippen molar-refractivity contribution in [1.82, 2.24) is 0 Å². The Bertz CT molecular complexity index is 6.00. The fourth-order valence-electron chi connectivity index (χ4n) is 0. The summed E-state index contributed by atoms with van der Waals surface area (Å²) < 4.78 is 0. The van der Waals surface area contributed by atoms with Crippen molar-refractivity contribution in [3.05, 3.63) is 0 Å². The van der Waals surface area contributed by atoms with Crippen LogP contribution in [-0.4, -0.2) is 0 Å². The Morgan fingerprint density at radius 1 is 0.750 bits per heavy atom.